The van der Waals surface area contributed by atoms with E-state index in [9.17, 15) is 14.7 Å². The predicted octanol–water partition coefficient (Wildman–Crippen LogP) is 0.628. The van der Waals surface area contributed by atoms with Gasteiger partial charge in [0.2, 0.25) is 5.91 Å². The van der Waals surface area contributed by atoms with Crippen molar-refractivity contribution >= 4 is 23.4 Å². The van der Waals surface area contributed by atoms with Crippen molar-refractivity contribution in [2.45, 2.75) is 50.1 Å². The minimum atomic E-state index is -0.862. The Bertz CT molecular complexity index is 1280. The first-order valence-electron chi connectivity index (χ1n) is 14.0. The SMILES string of the molecule is N=C(N)NCCCN1CCC(n2cc3c(nc2=O)Nc2cc(C4CCN(C(=O)C(N)CO)CC4)ccc2O3)CC1. The third-order valence-corrected chi connectivity index (χ3v) is 8.10. The normalized spacial score (nSPS) is 18.7. The first-order chi connectivity index (χ1) is 19.3. The third kappa shape index (κ3) is 6.21. The molecule has 2 fully saturated rings. The average Bonchev–Trinajstić information content (AvgIpc) is 2.97. The Morgan fingerprint density at radius 1 is 1.20 bits per heavy atom. The molecule has 2 saturated heterocycles. The zero-order valence-electron chi connectivity index (χ0n) is 22.6. The summed E-state index contributed by atoms with van der Waals surface area (Å²) >= 11 is 0. The number of carbonyl (C=O) groups excluding carboxylic acids is 1. The average molecular weight is 554 g/mol. The highest BCUT2D eigenvalue weighted by atomic mass is 16.5. The number of aliphatic hydroxyl groups excluding tert-OH is 1. The van der Waals surface area contributed by atoms with E-state index >= 15 is 0 Å². The summed E-state index contributed by atoms with van der Waals surface area (Å²) in [5.74, 6) is 1.69. The minimum absolute atomic E-state index is 0.00555. The molecule has 0 saturated carbocycles. The molecule has 5 rings (SSSR count). The van der Waals surface area contributed by atoms with Gasteiger partial charge in [-0.15, -0.1) is 0 Å². The monoisotopic (exact) mass is 553 g/mol. The van der Waals surface area contributed by atoms with Crippen molar-refractivity contribution in [1.29, 1.82) is 5.41 Å². The number of aliphatic hydroxyl groups is 1. The standard InChI is InChI=1S/C27H39N9O4/c28-20(16-37)25(38)35-12-4-17(5-13-35)18-2-3-22-21(14-18)32-24-23(40-22)15-36(27(39)33-24)19-6-10-34(11-7-19)9-1-8-31-26(29)30/h2-3,14-15,17,19-20,37H,1,4-13,16,28H2,(H4,29,30,31)(H,32,33,39). The van der Waals surface area contributed by atoms with Gasteiger partial charge in [0.25, 0.3) is 0 Å². The summed E-state index contributed by atoms with van der Waals surface area (Å²) < 4.78 is 7.88. The lowest BCUT2D eigenvalue weighted by atomic mass is 9.88. The minimum Gasteiger partial charge on any atom is -0.450 e. The van der Waals surface area contributed by atoms with E-state index in [0.717, 1.165) is 63.0 Å². The van der Waals surface area contributed by atoms with Crippen LogP contribution in [0.4, 0.5) is 11.5 Å². The van der Waals surface area contributed by atoms with Gasteiger partial charge < -0.3 is 41.7 Å². The lowest BCUT2D eigenvalue weighted by Gasteiger charge is -2.34. The van der Waals surface area contributed by atoms with Gasteiger partial charge >= 0.3 is 5.69 Å². The van der Waals surface area contributed by atoms with Crippen LogP contribution in [-0.2, 0) is 4.79 Å². The topological polar surface area (TPSA) is 188 Å². The molecule has 0 spiro atoms. The fourth-order valence-corrected chi connectivity index (χ4v) is 5.80. The van der Waals surface area contributed by atoms with Crippen LogP contribution in [0.1, 0.15) is 49.6 Å². The quantitative estimate of drug-likeness (QED) is 0.131. The highest BCUT2D eigenvalue weighted by Gasteiger charge is 2.29. The smallest absolute Gasteiger partial charge is 0.350 e. The van der Waals surface area contributed by atoms with E-state index < -0.39 is 6.04 Å². The molecule has 3 aliphatic rings. The highest BCUT2D eigenvalue weighted by Crippen LogP contribution is 2.42. The number of amides is 1. The number of benzene rings is 1. The second-order valence-corrected chi connectivity index (χ2v) is 10.8. The Labute approximate surface area is 233 Å². The molecular weight excluding hydrogens is 514 g/mol. The van der Waals surface area contributed by atoms with E-state index in [-0.39, 0.29) is 36.1 Å². The van der Waals surface area contributed by atoms with Gasteiger partial charge in [-0.2, -0.15) is 4.98 Å². The number of guanidine groups is 1. The Morgan fingerprint density at radius 2 is 1.95 bits per heavy atom. The van der Waals surface area contributed by atoms with Crippen LogP contribution in [0.3, 0.4) is 0 Å². The number of anilines is 2. The van der Waals surface area contributed by atoms with Gasteiger partial charge in [-0.3, -0.25) is 14.8 Å². The number of aromatic nitrogens is 2. The second kappa shape index (κ2) is 12.2. The fourth-order valence-electron chi connectivity index (χ4n) is 5.80. The lowest BCUT2D eigenvalue weighted by Crippen LogP contribution is -2.48. The number of nitrogens with one attached hydrogen (secondary N) is 3. The maximum atomic E-state index is 13.0. The summed E-state index contributed by atoms with van der Waals surface area (Å²) in [6, 6.07) is 5.23. The molecule has 1 atom stereocenters. The molecular formula is C27H39N9O4. The molecule has 13 heteroatoms. The molecule has 0 aliphatic carbocycles. The van der Waals surface area contributed by atoms with Crippen LogP contribution in [0, 0.1) is 5.41 Å². The summed E-state index contributed by atoms with van der Waals surface area (Å²) in [6.07, 6.45) is 5.99. The number of ether oxygens (including phenoxy) is 1. The number of likely N-dealkylation sites (tertiary alicyclic amines) is 2. The van der Waals surface area contributed by atoms with Gasteiger partial charge in [0.1, 0.15) is 6.04 Å². The van der Waals surface area contributed by atoms with Crippen molar-refractivity contribution in [2.75, 3.05) is 51.2 Å². The van der Waals surface area contributed by atoms with Crippen molar-refractivity contribution < 1.29 is 14.6 Å². The zero-order valence-corrected chi connectivity index (χ0v) is 22.6. The van der Waals surface area contributed by atoms with Crippen LogP contribution < -0.4 is 32.5 Å². The molecule has 1 amide bonds. The van der Waals surface area contributed by atoms with Crippen LogP contribution in [0.15, 0.2) is 29.2 Å². The summed E-state index contributed by atoms with van der Waals surface area (Å²) in [5.41, 5.74) is 12.6. The number of carbonyl (C=O) groups is 1. The molecule has 4 heterocycles. The van der Waals surface area contributed by atoms with E-state index in [4.69, 9.17) is 21.6 Å². The Balaban J connectivity index is 1.19. The molecule has 216 valence electrons. The molecule has 3 aliphatic heterocycles. The summed E-state index contributed by atoms with van der Waals surface area (Å²) in [7, 11) is 0. The lowest BCUT2D eigenvalue weighted by molar-refractivity contribution is -0.134. The van der Waals surface area contributed by atoms with Crippen molar-refractivity contribution in [3.63, 3.8) is 0 Å². The van der Waals surface area contributed by atoms with Gasteiger partial charge in [-0.25, -0.2) is 4.79 Å². The van der Waals surface area contributed by atoms with Gasteiger partial charge in [0.15, 0.2) is 23.3 Å². The Kier molecular flexibility index (Phi) is 8.52. The summed E-state index contributed by atoms with van der Waals surface area (Å²) in [5, 5.41) is 22.5. The number of fused-ring (bicyclic) bond motifs is 2. The van der Waals surface area contributed by atoms with Crippen LogP contribution in [0.2, 0.25) is 0 Å². The third-order valence-electron chi connectivity index (χ3n) is 8.10. The van der Waals surface area contributed by atoms with Crippen LogP contribution in [-0.4, -0.2) is 88.2 Å². The number of nitrogens with two attached hydrogens (primary N) is 2. The second-order valence-electron chi connectivity index (χ2n) is 10.8. The first kappa shape index (κ1) is 27.9. The van der Waals surface area contributed by atoms with Gasteiger partial charge in [-0.05, 0) is 62.3 Å². The molecule has 2 aromatic rings. The predicted molar refractivity (Wildman–Crippen MR) is 151 cm³/mol. The van der Waals surface area contributed by atoms with E-state index in [1.807, 2.05) is 12.1 Å². The number of hydrogen-bond donors (Lipinski definition) is 6. The van der Waals surface area contributed by atoms with E-state index in [0.29, 0.717) is 37.0 Å². The number of nitrogens with zero attached hydrogens (tertiary/aromatic N) is 4. The molecule has 1 aromatic heterocycles. The summed E-state index contributed by atoms with van der Waals surface area (Å²) in [6.45, 7) is 4.22. The van der Waals surface area contributed by atoms with Crippen LogP contribution in [0.5, 0.6) is 11.5 Å². The maximum Gasteiger partial charge on any atom is 0.350 e. The fraction of sp³-hybridized carbons (Fsp3) is 0.556. The van der Waals surface area contributed by atoms with Crippen LogP contribution in [0.25, 0.3) is 0 Å². The zero-order chi connectivity index (χ0) is 28.2. The molecule has 1 aromatic carbocycles. The van der Waals surface area contributed by atoms with Crippen LogP contribution >= 0.6 is 0 Å². The molecule has 8 N–H and O–H groups in total. The maximum absolute atomic E-state index is 13.0. The molecule has 0 bridgehead atoms. The number of piperidine rings is 2. The number of rotatable bonds is 8. The Morgan fingerprint density at radius 3 is 2.65 bits per heavy atom. The largest absolute Gasteiger partial charge is 0.450 e. The Hall–Kier alpha value is -3.68. The van der Waals surface area contributed by atoms with Crippen molar-refractivity contribution in [3.8, 4) is 11.5 Å². The molecule has 40 heavy (non-hydrogen) atoms. The van der Waals surface area contributed by atoms with Crippen molar-refractivity contribution in [1.82, 2.24) is 24.7 Å². The van der Waals surface area contributed by atoms with E-state index in [1.165, 1.54) is 0 Å². The number of hydrogen-bond acceptors (Lipinski definition) is 9. The van der Waals surface area contributed by atoms with Gasteiger partial charge in [-0.1, -0.05) is 6.07 Å². The van der Waals surface area contributed by atoms with Crippen molar-refractivity contribution in [2.24, 2.45) is 11.5 Å². The molecule has 0 radical (unpaired) electrons. The highest BCUT2D eigenvalue weighted by molar-refractivity contribution is 5.82. The summed E-state index contributed by atoms with van der Waals surface area (Å²) in [4.78, 5) is 33.7. The van der Waals surface area contributed by atoms with E-state index in [2.05, 4.69) is 26.6 Å². The first-order valence-corrected chi connectivity index (χ1v) is 14.0. The van der Waals surface area contributed by atoms with Gasteiger partial charge in [0, 0.05) is 38.8 Å². The van der Waals surface area contributed by atoms with Crippen molar-refractivity contribution in [3.05, 3.63) is 40.4 Å². The molecule has 1 unspecified atom stereocenters. The van der Waals surface area contributed by atoms with Gasteiger partial charge in [0.05, 0.1) is 18.5 Å². The van der Waals surface area contributed by atoms with E-state index in [1.54, 1.807) is 15.7 Å². The molecule has 13 nitrogen and oxygen atoms in total.